The molecule has 0 saturated carbocycles. The minimum atomic E-state index is 0.613. The van der Waals surface area contributed by atoms with E-state index >= 15 is 0 Å². The van der Waals surface area contributed by atoms with E-state index in [-0.39, 0.29) is 0 Å². The molecule has 0 radical (unpaired) electrons. The molecule has 0 amide bonds. The van der Waals surface area contributed by atoms with E-state index in [2.05, 4.69) is 11.1 Å². The van der Waals surface area contributed by atoms with E-state index in [9.17, 15) is 5.26 Å². The lowest BCUT2D eigenvalue weighted by atomic mass is 10.1. The summed E-state index contributed by atoms with van der Waals surface area (Å²) in [6.07, 6.45) is 5.19. The summed E-state index contributed by atoms with van der Waals surface area (Å²) in [7, 11) is 1.63. The van der Waals surface area contributed by atoms with Gasteiger partial charge in [-0.1, -0.05) is 12.1 Å². The number of rotatable bonds is 3. The maximum absolute atomic E-state index is 9.18. The van der Waals surface area contributed by atoms with Crippen LogP contribution in [-0.2, 0) is 0 Å². The van der Waals surface area contributed by atoms with Crippen LogP contribution in [0.2, 0.25) is 0 Å². The molecule has 0 bridgehead atoms. The van der Waals surface area contributed by atoms with Gasteiger partial charge in [0.1, 0.15) is 5.75 Å². The predicted molar refractivity (Wildman–Crippen MR) is 70.7 cm³/mol. The molecule has 0 aliphatic carbocycles. The van der Waals surface area contributed by atoms with Gasteiger partial charge in [-0.05, 0) is 41.5 Å². The van der Waals surface area contributed by atoms with Crippen LogP contribution in [0.25, 0.3) is 11.6 Å². The summed E-state index contributed by atoms with van der Waals surface area (Å²) >= 11 is 0. The van der Waals surface area contributed by atoms with Gasteiger partial charge in [0.25, 0.3) is 0 Å². The molecule has 0 saturated heterocycles. The Morgan fingerprint density at radius 3 is 2.39 bits per heavy atom. The fraction of sp³-hybridized carbons (Fsp3) is 0.0667. The maximum atomic E-state index is 9.18. The number of aromatic nitrogens is 1. The molecule has 1 aromatic carbocycles. The third-order valence-electron chi connectivity index (χ3n) is 2.54. The monoisotopic (exact) mass is 236 g/mol. The van der Waals surface area contributed by atoms with Gasteiger partial charge >= 0.3 is 0 Å². The van der Waals surface area contributed by atoms with Gasteiger partial charge in [0.2, 0.25) is 0 Å². The summed E-state index contributed by atoms with van der Waals surface area (Å²) in [5, 5.41) is 9.18. The molecule has 2 rings (SSSR count). The van der Waals surface area contributed by atoms with Crippen LogP contribution in [0.5, 0.6) is 5.75 Å². The van der Waals surface area contributed by atoms with Crippen LogP contribution in [0.1, 0.15) is 11.1 Å². The first kappa shape index (κ1) is 11.9. The van der Waals surface area contributed by atoms with Crippen LogP contribution in [0, 0.1) is 11.3 Å². The summed E-state index contributed by atoms with van der Waals surface area (Å²) in [5.74, 6) is 0.801. The highest BCUT2D eigenvalue weighted by atomic mass is 16.5. The van der Waals surface area contributed by atoms with Gasteiger partial charge < -0.3 is 4.74 Å². The van der Waals surface area contributed by atoms with Crippen molar-refractivity contribution in [3.63, 3.8) is 0 Å². The summed E-state index contributed by atoms with van der Waals surface area (Å²) in [6, 6.07) is 13.4. The normalized spacial score (nSPS) is 10.8. The van der Waals surface area contributed by atoms with Gasteiger partial charge in [0.15, 0.2) is 0 Å². The van der Waals surface area contributed by atoms with Crippen molar-refractivity contribution in [1.82, 2.24) is 4.98 Å². The largest absolute Gasteiger partial charge is 0.497 e. The van der Waals surface area contributed by atoms with E-state index in [0.717, 1.165) is 16.9 Å². The average Bonchev–Trinajstić information content (AvgIpc) is 2.46. The first-order valence-corrected chi connectivity index (χ1v) is 5.50. The third-order valence-corrected chi connectivity index (χ3v) is 2.54. The molecule has 3 nitrogen and oxygen atoms in total. The van der Waals surface area contributed by atoms with E-state index in [1.165, 1.54) is 0 Å². The molecule has 0 unspecified atom stereocenters. The molecule has 2 aromatic rings. The number of nitrogens with zero attached hydrogens (tertiary/aromatic N) is 2. The summed E-state index contributed by atoms with van der Waals surface area (Å²) in [6.45, 7) is 0. The molecule has 0 N–H and O–H groups in total. The number of allylic oxidation sites excluding steroid dienone is 1. The van der Waals surface area contributed by atoms with Gasteiger partial charge in [0.05, 0.1) is 18.8 Å². The Labute approximate surface area is 106 Å². The molecule has 88 valence electrons. The number of hydrogen-bond acceptors (Lipinski definition) is 3. The molecule has 0 atom stereocenters. The zero-order chi connectivity index (χ0) is 12.8. The molecule has 0 spiro atoms. The number of benzene rings is 1. The van der Waals surface area contributed by atoms with Crippen molar-refractivity contribution in [2.24, 2.45) is 0 Å². The van der Waals surface area contributed by atoms with Gasteiger partial charge in [-0.15, -0.1) is 0 Å². The summed E-state index contributed by atoms with van der Waals surface area (Å²) in [4.78, 5) is 3.94. The van der Waals surface area contributed by atoms with Crippen molar-refractivity contribution < 1.29 is 4.74 Å². The number of pyridine rings is 1. The Kier molecular flexibility index (Phi) is 3.72. The van der Waals surface area contributed by atoms with Gasteiger partial charge in [-0.2, -0.15) is 5.26 Å². The number of methoxy groups -OCH3 is 1. The Morgan fingerprint density at radius 2 is 1.83 bits per heavy atom. The van der Waals surface area contributed by atoms with Crippen LogP contribution < -0.4 is 4.74 Å². The minimum absolute atomic E-state index is 0.613. The Bertz CT molecular complexity index is 580. The van der Waals surface area contributed by atoms with Crippen LogP contribution in [0.3, 0.4) is 0 Å². The second-order valence-corrected chi connectivity index (χ2v) is 3.68. The molecule has 0 aliphatic rings. The molecule has 0 aliphatic heterocycles. The molecular formula is C15H12N2O. The Morgan fingerprint density at radius 1 is 1.17 bits per heavy atom. The third kappa shape index (κ3) is 2.74. The van der Waals surface area contributed by atoms with Crippen LogP contribution in [-0.4, -0.2) is 12.1 Å². The van der Waals surface area contributed by atoms with Crippen LogP contribution in [0.15, 0.2) is 48.8 Å². The lowest BCUT2D eigenvalue weighted by Crippen LogP contribution is -1.84. The van der Waals surface area contributed by atoms with Gasteiger partial charge in [0, 0.05) is 12.4 Å². The van der Waals surface area contributed by atoms with E-state index in [1.807, 2.05) is 42.5 Å². The maximum Gasteiger partial charge on any atom is 0.118 e. The molecule has 18 heavy (non-hydrogen) atoms. The number of nitriles is 1. The highest BCUT2D eigenvalue weighted by molar-refractivity contribution is 5.89. The Balaban J connectivity index is 2.33. The smallest absolute Gasteiger partial charge is 0.118 e. The van der Waals surface area contributed by atoms with Crippen molar-refractivity contribution in [2.45, 2.75) is 0 Å². The zero-order valence-electron chi connectivity index (χ0n) is 10.00. The van der Waals surface area contributed by atoms with Crippen LogP contribution >= 0.6 is 0 Å². The lowest BCUT2D eigenvalue weighted by molar-refractivity contribution is 0.415. The fourth-order valence-corrected chi connectivity index (χ4v) is 1.58. The second kappa shape index (κ2) is 5.65. The molecular weight excluding hydrogens is 224 g/mol. The first-order valence-electron chi connectivity index (χ1n) is 5.50. The van der Waals surface area contributed by atoms with Crippen LogP contribution in [0.4, 0.5) is 0 Å². The van der Waals surface area contributed by atoms with E-state index in [4.69, 9.17) is 4.74 Å². The quantitative estimate of drug-likeness (QED) is 0.769. The van der Waals surface area contributed by atoms with E-state index in [0.29, 0.717) is 5.57 Å². The lowest BCUT2D eigenvalue weighted by Gasteiger charge is -2.01. The topological polar surface area (TPSA) is 45.9 Å². The van der Waals surface area contributed by atoms with Crippen molar-refractivity contribution >= 4 is 11.6 Å². The number of ether oxygens (including phenoxy) is 1. The Hall–Kier alpha value is -2.60. The second-order valence-electron chi connectivity index (χ2n) is 3.68. The predicted octanol–water partition coefficient (Wildman–Crippen LogP) is 3.15. The highest BCUT2D eigenvalue weighted by Crippen LogP contribution is 2.18. The number of hydrogen-bond donors (Lipinski definition) is 0. The molecule has 1 heterocycles. The molecule has 3 heteroatoms. The average molecular weight is 236 g/mol. The first-order chi connectivity index (χ1) is 8.83. The van der Waals surface area contributed by atoms with E-state index in [1.54, 1.807) is 19.5 Å². The van der Waals surface area contributed by atoms with Crippen molar-refractivity contribution in [2.75, 3.05) is 7.11 Å². The molecule has 1 aromatic heterocycles. The zero-order valence-corrected chi connectivity index (χ0v) is 10.00. The van der Waals surface area contributed by atoms with Gasteiger partial charge in [-0.25, -0.2) is 0 Å². The SMILES string of the molecule is COc1ccc(/C=C(\C#N)c2ccncc2)cc1. The minimum Gasteiger partial charge on any atom is -0.497 e. The van der Waals surface area contributed by atoms with Crippen molar-refractivity contribution in [1.29, 1.82) is 5.26 Å². The fourth-order valence-electron chi connectivity index (χ4n) is 1.58. The van der Waals surface area contributed by atoms with E-state index < -0.39 is 0 Å². The molecule has 0 fully saturated rings. The van der Waals surface area contributed by atoms with Gasteiger partial charge in [-0.3, -0.25) is 4.98 Å². The van der Waals surface area contributed by atoms with Crippen molar-refractivity contribution in [3.8, 4) is 11.8 Å². The highest BCUT2D eigenvalue weighted by Gasteiger charge is 2.00. The summed E-state index contributed by atoms with van der Waals surface area (Å²) < 4.78 is 5.09. The standard InChI is InChI=1S/C15H12N2O/c1-18-15-4-2-12(3-5-15)10-14(11-16)13-6-8-17-9-7-13/h2-10H,1H3/b14-10+. The van der Waals surface area contributed by atoms with Crippen molar-refractivity contribution in [3.05, 3.63) is 59.9 Å². The summed E-state index contributed by atoms with van der Waals surface area (Å²) in [5.41, 5.74) is 2.44.